The molecular weight excluding hydrogens is 286 g/mol. The Morgan fingerprint density at radius 2 is 1.78 bits per heavy atom. The zero-order valence-corrected chi connectivity index (χ0v) is 14.8. The van der Waals surface area contributed by atoms with Gasteiger partial charge in [0.2, 0.25) is 5.91 Å². The number of hydrogen-bond acceptors (Lipinski definition) is 2. The minimum atomic E-state index is 0.0476. The van der Waals surface area contributed by atoms with E-state index in [1.807, 2.05) is 26.0 Å². The number of carbonyl (C=O) groups excluding carboxylic acids is 1. The molecule has 3 nitrogen and oxygen atoms in total. The molecule has 1 heterocycles. The summed E-state index contributed by atoms with van der Waals surface area (Å²) in [5, 5.41) is 2.98. The van der Waals surface area contributed by atoms with E-state index in [2.05, 4.69) is 50.4 Å². The Hall–Kier alpha value is -2.03. The second-order valence-electron chi connectivity index (χ2n) is 7.28. The highest BCUT2D eigenvalue weighted by Crippen LogP contribution is 2.23. The summed E-state index contributed by atoms with van der Waals surface area (Å²) in [6, 6.07) is 12.3. The van der Waals surface area contributed by atoms with E-state index < -0.39 is 0 Å². The molecule has 2 rings (SSSR count). The Morgan fingerprint density at radius 3 is 2.30 bits per heavy atom. The third-order valence-electron chi connectivity index (χ3n) is 4.05. The molecule has 1 atom stereocenters. The summed E-state index contributed by atoms with van der Waals surface area (Å²) in [5.74, 6) is 1.89. The van der Waals surface area contributed by atoms with Crippen LogP contribution in [0.5, 0.6) is 0 Å². The number of furan rings is 1. The zero-order chi connectivity index (χ0) is 17.0. The Bertz CT molecular complexity index is 647. The van der Waals surface area contributed by atoms with E-state index in [-0.39, 0.29) is 17.2 Å². The van der Waals surface area contributed by atoms with Crippen molar-refractivity contribution in [3.63, 3.8) is 0 Å². The van der Waals surface area contributed by atoms with Crippen LogP contribution in [0.2, 0.25) is 0 Å². The average molecular weight is 313 g/mol. The molecule has 23 heavy (non-hydrogen) atoms. The van der Waals surface area contributed by atoms with Crippen molar-refractivity contribution >= 4 is 5.91 Å². The van der Waals surface area contributed by atoms with Crippen LogP contribution in [-0.4, -0.2) is 5.91 Å². The highest BCUT2D eigenvalue weighted by atomic mass is 16.3. The largest absolute Gasteiger partial charge is 0.466 e. The smallest absolute Gasteiger partial charge is 0.220 e. The Kier molecular flexibility index (Phi) is 5.30. The molecule has 3 heteroatoms. The molecule has 1 N–H and O–H groups in total. The lowest BCUT2D eigenvalue weighted by atomic mass is 9.87. The normalized spacial score (nSPS) is 12.9. The molecule has 0 radical (unpaired) electrons. The maximum Gasteiger partial charge on any atom is 0.220 e. The number of rotatable bonds is 5. The van der Waals surface area contributed by atoms with Crippen LogP contribution in [0.15, 0.2) is 40.8 Å². The minimum absolute atomic E-state index is 0.0476. The van der Waals surface area contributed by atoms with Crippen LogP contribution in [0.1, 0.15) is 62.7 Å². The van der Waals surface area contributed by atoms with E-state index in [0.717, 1.165) is 17.1 Å². The van der Waals surface area contributed by atoms with Crippen LogP contribution in [0.3, 0.4) is 0 Å². The lowest BCUT2D eigenvalue weighted by Gasteiger charge is -2.19. The van der Waals surface area contributed by atoms with E-state index in [1.54, 1.807) is 0 Å². The van der Waals surface area contributed by atoms with Gasteiger partial charge in [-0.15, -0.1) is 0 Å². The van der Waals surface area contributed by atoms with Crippen molar-refractivity contribution < 1.29 is 9.21 Å². The molecule has 0 aliphatic carbocycles. The van der Waals surface area contributed by atoms with Gasteiger partial charge in [0.25, 0.3) is 0 Å². The molecule has 124 valence electrons. The molecule has 0 spiro atoms. The molecule has 0 saturated heterocycles. The van der Waals surface area contributed by atoms with Crippen LogP contribution in [-0.2, 0) is 16.8 Å². The van der Waals surface area contributed by atoms with Gasteiger partial charge in [-0.1, -0.05) is 52.0 Å². The number of nitrogens with one attached hydrogen (secondary N) is 1. The number of carbonyl (C=O) groups is 1. The third-order valence-corrected chi connectivity index (χ3v) is 4.05. The molecule has 2 aromatic rings. The summed E-state index contributed by atoms with van der Waals surface area (Å²) in [4.78, 5) is 12.1. The molecule has 0 aliphatic heterocycles. The van der Waals surface area contributed by atoms with Gasteiger partial charge in [0.05, 0.1) is 0 Å². The molecule has 0 fully saturated rings. The van der Waals surface area contributed by atoms with Crippen molar-refractivity contribution in [1.29, 1.82) is 0 Å². The zero-order valence-electron chi connectivity index (χ0n) is 14.8. The molecule has 1 amide bonds. The summed E-state index contributed by atoms with van der Waals surface area (Å²) < 4.78 is 5.57. The third kappa shape index (κ3) is 4.98. The standard InChI is InChI=1S/C20H27NO2/c1-14(18-11-6-15(2)23-18)12-19(22)21-13-16-7-9-17(10-8-16)20(3,4)5/h6-11,14H,12-13H2,1-5H3,(H,21,22). The summed E-state index contributed by atoms with van der Waals surface area (Å²) in [6.07, 6.45) is 0.438. The van der Waals surface area contributed by atoms with Gasteiger partial charge in [-0.3, -0.25) is 4.79 Å². The van der Waals surface area contributed by atoms with Crippen molar-refractivity contribution in [2.24, 2.45) is 0 Å². The van der Waals surface area contributed by atoms with Gasteiger partial charge in [-0.25, -0.2) is 0 Å². The number of hydrogen-bond donors (Lipinski definition) is 1. The molecule has 1 unspecified atom stereocenters. The van der Waals surface area contributed by atoms with E-state index in [9.17, 15) is 4.79 Å². The molecule has 0 saturated carbocycles. The maximum atomic E-state index is 12.1. The van der Waals surface area contributed by atoms with Crippen molar-refractivity contribution in [3.8, 4) is 0 Å². The Morgan fingerprint density at radius 1 is 1.13 bits per heavy atom. The first-order valence-corrected chi connectivity index (χ1v) is 8.18. The fourth-order valence-electron chi connectivity index (χ4n) is 2.49. The first kappa shape index (κ1) is 17.3. The van der Waals surface area contributed by atoms with Gasteiger partial charge < -0.3 is 9.73 Å². The van der Waals surface area contributed by atoms with Gasteiger partial charge in [0.1, 0.15) is 11.5 Å². The van der Waals surface area contributed by atoms with E-state index in [1.165, 1.54) is 5.56 Å². The van der Waals surface area contributed by atoms with Crippen molar-refractivity contribution in [2.45, 2.75) is 58.9 Å². The number of benzene rings is 1. The summed E-state index contributed by atoms with van der Waals surface area (Å²) >= 11 is 0. The van der Waals surface area contributed by atoms with E-state index >= 15 is 0 Å². The lowest BCUT2D eigenvalue weighted by Crippen LogP contribution is -2.24. The fourth-order valence-corrected chi connectivity index (χ4v) is 2.49. The van der Waals surface area contributed by atoms with Gasteiger partial charge in [0, 0.05) is 18.9 Å². The molecular formula is C20H27NO2. The molecule has 1 aromatic carbocycles. The highest BCUT2D eigenvalue weighted by molar-refractivity contribution is 5.76. The minimum Gasteiger partial charge on any atom is -0.466 e. The summed E-state index contributed by atoms with van der Waals surface area (Å²) in [5.41, 5.74) is 2.57. The Balaban J connectivity index is 1.84. The lowest BCUT2D eigenvalue weighted by molar-refractivity contribution is -0.121. The number of aryl methyl sites for hydroxylation is 1. The SMILES string of the molecule is Cc1ccc(C(C)CC(=O)NCc2ccc(C(C)(C)C)cc2)o1. The second kappa shape index (κ2) is 7.03. The van der Waals surface area contributed by atoms with Crippen molar-refractivity contribution in [1.82, 2.24) is 5.32 Å². The highest BCUT2D eigenvalue weighted by Gasteiger charge is 2.15. The topological polar surface area (TPSA) is 42.2 Å². The first-order valence-electron chi connectivity index (χ1n) is 8.18. The first-order chi connectivity index (χ1) is 10.8. The summed E-state index contributed by atoms with van der Waals surface area (Å²) in [7, 11) is 0. The van der Waals surface area contributed by atoms with Crippen LogP contribution < -0.4 is 5.32 Å². The summed E-state index contributed by atoms with van der Waals surface area (Å²) in [6.45, 7) is 11.1. The average Bonchev–Trinajstić information content (AvgIpc) is 2.91. The maximum absolute atomic E-state index is 12.1. The van der Waals surface area contributed by atoms with Gasteiger partial charge in [0.15, 0.2) is 0 Å². The van der Waals surface area contributed by atoms with Crippen LogP contribution >= 0.6 is 0 Å². The van der Waals surface area contributed by atoms with Gasteiger partial charge >= 0.3 is 0 Å². The predicted octanol–water partition coefficient (Wildman–Crippen LogP) is 4.70. The van der Waals surface area contributed by atoms with Crippen LogP contribution in [0.25, 0.3) is 0 Å². The van der Waals surface area contributed by atoms with Crippen LogP contribution in [0.4, 0.5) is 0 Å². The Labute approximate surface area is 139 Å². The number of amides is 1. The monoisotopic (exact) mass is 313 g/mol. The molecule has 1 aromatic heterocycles. The molecule has 0 aliphatic rings. The van der Waals surface area contributed by atoms with Crippen LogP contribution in [0, 0.1) is 6.92 Å². The van der Waals surface area contributed by atoms with E-state index in [0.29, 0.717) is 13.0 Å². The quantitative estimate of drug-likeness (QED) is 0.869. The van der Waals surface area contributed by atoms with Crippen molar-refractivity contribution in [3.05, 3.63) is 59.0 Å². The van der Waals surface area contributed by atoms with Gasteiger partial charge in [-0.05, 0) is 35.6 Å². The fraction of sp³-hybridized carbons (Fsp3) is 0.450. The second-order valence-corrected chi connectivity index (χ2v) is 7.28. The predicted molar refractivity (Wildman–Crippen MR) is 93.5 cm³/mol. The molecule has 0 bridgehead atoms. The van der Waals surface area contributed by atoms with E-state index in [4.69, 9.17) is 4.42 Å². The van der Waals surface area contributed by atoms with Crippen molar-refractivity contribution in [2.75, 3.05) is 0 Å². The van der Waals surface area contributed by atoms with Gasteiger partial charge in [-0.2, -0.15) is 0 Å².